The lowest BCUT2D eigenvalue weighted by Gasteiger charge is -2.36. The van der Waals surface area contributed by atoms with Gasteiger partial charge in [-0.15, -0.1) is 0 Å². The largest absolute Gasteiger partial charge is 0.394 e. The zero-order valence-electron chi connectivity index (χ0n) is 14.5. The first kappa shape index (κ1) is 17.1. The summed E-state index contributed by atoms with van der Waals surface area (Å²) in [4.78, 5) is 0. The van der Waals surface area contributed by atoms with Crippen LogP contribution in [0.4, 0.5) is 0 Å². The average molecular weight is 329 g/mol. The minimum absolute atomic E-state index is 0.139. The van der Waals surface area contributed by atoms with Gasteiger partial charge in [-0.05, 0) is 30.9 Å². The summed E-state index contributed by atoms with van der Waals surface area (Å²) in [5.41, 5.74) is 3.12. The van der Waals surface area contributed by atoms with E-state index < -0.39 is 0 Å². The number of hydrogen-bond acceptors (Lipinski definition) is 4. The molecule has 0 amide bonds. The van der Waals surface area contributed by atoms with Crippen LogP contribution in [0.5, 0.6) is 0 Å². The second-order valence-electron chi connectivity index (χ2n) is 6.88. The molecule has 5 nitrogen and oxygen atoms in total. The highest BCUT2D eigenvalue weighted by Gasteiger charge is 2.31. The van der Waals surface area contributed by atoms with Crippen molar-refractivity contribution in [2.75, 3.05) is 19.8 Å². The fourth-order valence-corrected chi connectivity index (χ4v) is 3.19. The van der Waals surface area contributed by atoms with Crippen LogP contribution in [0, 0.1) is 0 Å². The van der Waals surface area contributed by atoms with Gasteiger partial charge in [-0.25, -0.2) is 4.68 Å². The Hall–Kier alpha value is -1.69. The molecule has 0 saturated carbocycles. The number of ether oxygens (including phenoxy) is 1. The number of aliphatic hydroxyl groups is 1. The first-order chi connectivity index (χ1) is 11.6. The Morgan fingerprint density at radius 1 is 1.25 bits per heavy atom. The molecule has 1 aromatic carbocycles. The SMILES string of the molecule is CC(C)c1nn(-c2ccccc2)cc1CNC1(CO)CCOCC1. The number of hydrogen-bond donors (Lipinski definition) is 2. The molecule has 1 aromatic heterocycles. The second-order valence-corrected chi connectivity index (χ2v) is 6.88. The quantitative estimate of drug-likeness (QED) is 0.855. The zero-order valence-corrected chi connectivity index (χ0v) is 14.5. The fourth-order valence-electron chi connectivity index (χ4n) is 3.19. The molecule has 1 aliphatic heterocycles. The highest BCUT2D eigenvalue weighted by Crippen LogP contribution is 2.24. The van der Waals surface area contributed by atoms with Crippen LogP contribution in [0.2, 0.25) is 0 Å². The van der Waals surface area contributed by atoms with E-state index in [-0.39, 0.29) is 12.1 Å². The van der Waals surface area contributed by atoms with E-state index in [9.17, 15) is 5.11 Å². The summed E-state index contributed by atoms with van der Waals surface area (Å²) in [6, 6.07) is 10.2. The molecule has 0 bridgehead atoms. The molecule has 130 valence electrons. The third kappa shape index (κ3) is 3.69. The first-order valence-corrected chi connectivity index (χ1v) is 8.71. The van der Waals surface area contributed by atoms with Crippen LogP contribution < -0.4 is 5.32 Å². The molecule has 0 aliphatic carbocycles. The summed E-state index contributed by atoms with van der Waals surface area (Å²) >= 11 is 0. The van der Waals surface area contributed by atoms with Crippen LogP contribution in [0.15, 0.2) is 36.5 Å². The van der Waals surface area contributed by atoms with Gasteiger partial charge in [0.25, 0.3) is 0 Å². The van der Waals surface area contributed by atoms with Gasteiger partial charge in [0.15, 0.2) is 0 Å². The molecule has 1 saturated heterocycles. The van der Waals surface area contributed by atoms with Crippen molar-refractivity contribution < 1.29 is 9.84 Å². The van der Waals surface area contributed by atoms with Crippen LogP contribution in [0.3, 0.4) is 0 Å². The number of aliphatic hydroxyl groups excluding tert-OH is 1. The van der Waals surface area contributed by atoms with Gasteiger partial charge in [0.1, 0.15) is 0 Å². The van der Waals surface area contributed by atoms with E-state index in [1.807, 2.05) is 22.9 Å². The van der Waals surface area contributed by atoms with Gasteiger partial charge < -0.3 is 15.2 Å². The molecular weight excluding hydrogens is 302 g/mol. The topological polar surface area (TPSA) is 59.3 Å². The van der Waals surface area contributed by atoms with Crippen LogP contribution in [-0.4, -0.2) is 40.2 Å². The van der Waals surface area contributed by atoms with Crippen LogP contribution in [0.1, 0.15) is 43.9 Å². The minimum Gasteiger partial charge on any atom is -0.394 e. The second kappa shape index (κ2) is 7.47. The predicted octanol–water partition coefficient (Wildman–Crippen LogP) is 2.63. The maximum absolute atomic E-state index is 9.84. The zero-order chi connectivity index (χ0) is 17.0. The Morgan fingerprint density at radius 3 is 2.58 bits per heavy atom. The normalized spacial score (nSPS) is 17.3. The Morgan fingerprint density at radius 2 is 1.96 bits per heavy atom. The fraction of sp³-hybridized carbons (Fsp3) is 0.526. The molecule has 0 atom stereocenters. The lowest BCUT2D eigenvalue weighted by atomic mass is 9.90. The van der Waals surface area contributed by atoms with Crippen molar-refractivity contribution in [2.45, 2.75) is 44.7 Å². The Labute approximate surface area is 143 Å². The minimum atomic E-state index is -0.235. The molecule has 0 unspecified atom stereocenters. The smallest absolute Gasteiger partial charge is 0.0699 e. The van der Waals surface area contributed by atoms with Crippen molar-refractivity contribution in [3.8, 4) is 5.69 Å². The number of rotatable bonds is 6. The van der Waals surface area contributed by atoms with Gasteiger partial charge >= 0.3 is 0 Å². The van der Waals surface area contributed by atoms with E-state index >= 15 is 0 Å². The average Bonchev–Trinajstić information content (AvgIpc) is 3.06. The molecule has 2 aromatic rings. The highest BCUT2D eigenvalue weighted by atomic mass is 16.5. The standard InChI is InChI=1S/C19H27N3O2/c1-15(2)18-16(12-20-19(14-23)8-10-24-11-9-19)13-22(21-18)17-6-4-3-5-7-17/h3-7,13,15,20,23H,8-12,14H2,1-2H3. The van der Waals surface area contributed by atoms with Gasteiger partial charge in [0.2, 0.25) is 0 Å². The molecule has 2 heterocycles. The molecule has 1 aliphatic rings. The van der Waals surface area contributed by atoms with Gasteiger partial charge in [0.05, 0.1) is 18.0 Å². The number of nitrogens with zero attached hydrogens (tertiary/aromatic N) is 2. The van der Waals surface area contributed by atoms with E-state index in [2.05, 4.69) is 37.5 Å². The van der Waals surface area contributed by atoms with Gasteiger partial charge in [-0.2, -0.15) is 5.10 Å². The molecule has 24 heavy (non-hydrogen) atoms. The van der Waals surface area contributed by atoms with Gasteiger partial charge in [-0.1, -0.05) is 32.0 Å². The van der Waals surface area contributed by atoms with Gasteiger partial charge in [0, 0.05) is 37.1 Å². The lowest BCUT2D eigenvalue weighted by Crippen LogP contribution is -2.51. The van der Waals surface area contributed by atoms with Crippen molar-refractivity contribution in [3.05, 3.63) is 47.8 Å². The Balaban J connectivity index is 1.80. The summed E-state index contributed by atoms with van der Waals surface area (Å²) in [6.07, 6.45) is 3.78. The Kier molecular flexibility index (Phi) is 5.33. The molecular formula is C19H27N3O2. The predicted molar refractivity (Wildman–Crippen MR) is 94.4 cm³/mol. The lowest BCUT2D eigenvalue weighted by molar-refractivity contribution is 0.0111. The van der Waals surface area contributed by atoms with E-state index in [1.165, 1.54) is 5.56 Å². The third-order valence-corrected chi connectivity index (χ3v) is 4.80. The van der Waals surface area contributed by atoms with E-state index in [4.69, 9.17) is 9.84 Å². The summed E-state index contributed by atoms with van der Waals surface area (Å²) in [5, 5.41) is 18.2. The summed E-state index contributed by atoms with van der Waals surface area (Å²) in [6.45, 7) is 6.58. The van der Waals surface area contributed by atoms with Crippen LogP contribution in [0.25, 0.3) is 5.69 Å². The molecule has 0 radical (unpaired) electrons. The van der Waals surface area contributed by atoms with E-state index in [0.717, 1.165) is 24.2 Å². The number of benzene rings is 1. The highest BCUT2D eigenvalue weighted by molar-refractivity contribution is 5.33. The number of nitrogens with one attached hydrogen (secondary N) is 1. The van der Waals surface area contributed by atoms with Crippen molar-refractivity contribution in [1.82, 2.24) is 15.1 Å². The summed E-state index contributed by atoms with van der Waals surface area (Å²) in [5.74, 6) is 0.353. The monoisotopic (exact) mass is 329 g/mol. The van der Waals surface area contributed by atoms with E-state index in [1.54, 1.807) is 0 Å². The Bertz CT molecular complexity index is 646. The van der Waals surface area contributed by atoms with Crippen molar-refractivity contribution in [3.63, 3.8) is 0 Å². The van der Waals surface area contributed by atoms with Crippen LogP contribution in [-0.2, 0) is 11.3 Å². The summed E-state index contributed by atoms with van der Waals surface area (Å²) < 4.78 is 7.38. The molecule has 2 N–H and O–H groups in total. The third-order valence-electron chi connectivity index (χ3n) is 4.80. The van der Waals surface area contributed by atoms with Crippen molar-refractivity contribution in [2.24, 2.45) is 0 Å². The molecule has 5 heteroatoms. The maximum atomic E-state index is 9.84. The molecule has 1 fully saturated rings. The van der Waals surface area contributed by atoms with Crippen molar-refractivity contribution in [1.29, 1.82) is 0 Å². The number of para-hydroxylation sites is 1. The van der Waals surface area contributed by atoms with Crippen LogP contribution >= 0.6 is 0 Å². The van der Waals surface area contributed by atoms with Crippen molar-refractivity contribution >= 4 is 0 Å². The molecule has 0 spiro atoms. The number of aromatic nitrogens is 2. The molecule has 3 rings (SSSR count). The first-order valence-electron chi connectivity index (χ1n) is 8.71. The van der Waals surface area contributed by atoms with Gasteiger partial charge in [-0.3, -0.25) is 0 Å². The maximum Gasteiger partial charge on any atom is 0.0699 e. The van der Waals surface area contributed by atoms with E-state index in [0.29, 0.717) is 25.7 Å². The summed E-state index contributed by atoms with van der Waals surface area (Å²) in [7, 11) is 0.